The van der Waals surface area contributed by atoms with Gasteiger partial charge in [-0.1, -0.05) is 68.5 Å². The van der Waals surface area contributed by atoms with Gasteiger partial charge in [0.25, 0.3) is 0 Å². The molecule has 3 N–H and O–H groups in total. The molecule has 3 aromatic carbocycles. The van der Waals surface area contributed by atoms with Crippen LogP contribution in [0.3, 0.4) is 0 Å². The van der Waals surface area contributed by atoms with E-state index in [9.17, 15) is 24.9 Å². The number of aliphatic hydroxyl groups is 2. The van der Waals surface area contributed by atoms with Crippen LogP contribution in [0.5, 0.6) is 11.5 Å². The Morgan fingerprint density at radius 3 is 2.26 bits per heavy atom. The molecule has 7 heteroatoms. The van der Waals surface area contributed by atoms with E-state index in [0.29, 0.717) is 51.2 Å². The molecule has 0 aromatic heterocycles. The van der Waals surface area contributed by atoms with Gasteiger partial charge in [0.05, 0.1) is 5.57 Å². The van der Waals surface area contributed by atoms with E-state index >= 15 is 0 Å². The van der Waals surface area contributed by atoms with Crippen LogP contribution in [0.4, 0.5) is 0 Å². The average molecular weight is 619 g/mol. The lowest BCUT2D eigenvalue weighted by Crippen LogP contribution is -2.65. The topological polar surface area (TPSA) is 113 Å². The van der Waals surface area contributed by atoms with Gasteiger partial charge in [0.1, 0.15) is 22.9 Å². The third-order valence-corrected chi connectivity index (χ3v) is 10.6. The van der Waals surface area contributed by atoms with Gasteiger partial charge >= 0.3 is 0 Å². The number of ketones is 2. The number of benzene rings is 3. The van der Waals surface area contributed by atoms with Crippen molar-refractivity contribution >= 4 is 23.2 Å². The van der Waals surface area contributed by atoms with Crippen LogP contribution in [0, 0.1) is 23.7 Å². The SMILES string of the molecule is COC(O)(c1cc(O)ccc1/C=C/C1=CC(=C2C(=O)c3ccccc3C2=O)c2ccccc2O1)C1(O)C(C)CC2CC(C)CC1C2. The number of hydrogen-bond donors (Lipinski definition) is 3. The lowest BCUT2D eigenvalue weighted by Gasteiger charge is -2.57. The van der Waals surface area contributed by atoms with E-state index in [-0.39, 0.29) is 40.3 Å². The first-order valence-electron chi connectivity index (χ1n) is 16.0. The van der Waals surface area contributed by atoms with Crippen molar-refractivity contribution in [2.24, 2.45) is 23.7 Å². The zero-order chi connectivity index (χ0) is 32.4. The molecular formula is C39H38O7. The van der Waals surface area contributed by atoms with Gasteiger partial charge in [-0.2, -0.15) is 0 Å². The highest BCUT2D eigenvalue weighted by Crippen LogP contribution is 2.57. The lowest BCUT2D eigenvalue weighted by atomic mass is 9.54. The molecule has 2 bridgehead atoms. The number of methoxy groups -OCH3 is 1. The minimum atomic E-state index is -2.12. The first-order chi connectivity index (χ1) is 22.0. The standard InChI is InChI=1S/C39H38O7/c1-22-16-24-18-23(2)38(43,26(17-22)19-24)39(44,45-3)33-20-27(40)14-12-25(33)13-15-28-21-32(29-8-6-7-11-34(29)46-28)35-36(41)30-9-4-5-10-31(30)37(35)42/h4-15,20-24,26,40,43-44H,16-19H2,1-3H3/b15-13+. The van der Waals surface area contributed by atoms with Crippen LogP contribution in [-0.4, -0.2) is 39.6 Å². The molecule has 0 radical (unpaired) electrons. The monoisotopic (exact) mass is 618 g/mol. The molecule has 6 atom stereocenters. The first kappa shape index (κ1) is 30.4. The number of phenolic OH excluding ortho intramolecular Hbond substituents is 1. The molecule has 7 rings (SSSR count). The quantitative estimate of drug-likeness (QED) is 0.163. The zero-order valence-electron chi connectivity index (χ0n) is 26.2. The van der Waals surface area contributed by atoms with Crippen molar-refractivity contribution in [2.75, 3.05) is 7.11 Å². The molecular weight excluding hydrogens is 580 g/mol. The molecule has 4 aliphatic rings. The van der Waals surface area contributed by atoms with Crippen molar-refractivity contribution < 1.29 is 34.4 Å². The number of Topliss-reactive ketones (excluding diaryl/α,β-unsaturated/α-hetero) is 2. The Bertz CT molecular complexity index is 1810. The number of aromatic hydroxyl groups is 1. The highest BCUT2D eigenvalue weighted by molar-refractivity contribution is 6.43. The number of fused-ring (bicyclic) bond motifs is 4. The van der Waals surface area contributed by atoms with E-state index in [0.717, 1.165) is 25.7 Å². The minimum Gasteiger partial charge on any atom is -0.508 e. The minimum absolute atomic E-state index is 0.0727. The van der Waals surface area contributed by atoms with Crippen LogP contribution in [0.1, 0.15) is 76.9 Å². The highest BCUT2D eigenvalue weighted by atomic mass is 16.6. The molecule has 2 fully saturated rings. The van der Waals surface area contributed by atoms with E-state index < -0.39 is 11.4 Å². The van der Waals surface area contributed by atoms with Gasteiger partial charge in [0.2, 0.25) is 5.79 Å². The average Bonchev–Trinajstić information content (AvgIpc) is 3.31. The Balaban J connectivity index is 1.31. The molecule has 3 aromatic rings. The Hall–Kier alpha value is -4.30. The first-order valence-corrected chi connectivity index (χ1v) is 16.0. The Labute approximate surface area is 268 Å². The van der Waals surface area contributed by atoms with Crippen LogP contribution < -0.4 is 4.74 Å². The normalized spacial score (nSPS) is 28.4. The number of ether oxygens (including phenoxy) is 2. The maximum absolute atomic E-state index is 13.5. The molecule has 1 aliphatic heterocycles. The van der Waals surface area contributed by atoms with Gasteiger partial charge < -0.3 is 24.8 Å². The molecule has 236 valence electrons. The summed E-state index contributed by atoms with van der Waals surface area (Å²) in [7, 11) is 1.39. The van der Waals surface area contributed by atoms with Crippen LogP contribution >= 0.6 is 0 Å². The Morgan fingerprint density at radius 2 is 1.57 bits per heavy atom. The number of phenols is 1. The summed E-state index contributed by atoms with van der Waals surface area (Å²) in [6.45, 7) is 4.16. The number of allylic oxidation sites excluding steroid dienone is 4. The fraction of sp³-hybridized carbons (Fsp3) is 0.333. The van der Waals surface area contributed by atoms with Crippen molar-refractivity contribution in [1.29, 1.82) is 0 Å². The summed E-state index contributed by atoms with van der Waals surface area (Å²) >= 11 is 0. The van der Waals surface area contributed by atoms with Crippen LogP contribution in [0.25, 0.3) is 11.6 Å². The summed E-state index contributed by atoms with van der Waals surface area (Å²) in [5.41, 5.74) is 1.11. The Kier molecular flexibility index (Phi) is 7.39. The molecule has 7 nitrogen and oxygen atoms in total. The molecule has 0 spiro atoms. The van der Waals surface area contributed by atoms with Crippen LogP contribution in [0.2, 0.25) is 0 Å². The molecule has 0 saturated heterocycles. The second kappa shape index (κ2) is 11.2. The number of carbonyl (C=O) groups is 2. The molecule has 1 heterocycles. The Morgan fingerprint density at radius 1 is 0.891 bits per heavy atom. The number of rotatable bonds is 5. The number of hydrogen-bond acceptors (Lipinski definition) is 7. The zero-order valence-corrected chi connectivity index (χ0v) is 26.2. The van der Waals surface area contributed by atoms with E-state index in [1.165, 1.54) is 19.2 Å². The van der Waals surface area contributed by atoms with Gasteiger partial charge in [-0.25, -0.2) is 0 Å². The van der Waals surface area contributed by atoms with Gasteiger partial charge in [0, 0.05) is 34.9 Å². The van der Waals surface area contributed by atoms with Crippen molar-refractivity contribution in [2.45, 2.75) is 50.9 Å². The largest absolute Gasteiger partial charge is 0.508 e. The third-order valence-electron chi connectivity index (χ3n) is 10.6. The lowest BCUT2D eigenvalue weighted by molar-refractivity contribution is -0.344. The molecule has 46 heavy (non-hydrogen) atoms. The number of para-hydroxylation sites is 1. The van der Waals surface area contributed by atoms with Gasteiger partial charge in [-0.15, -0.1) is 0 Å². The molecule has 0 amide bonds. The van der Waals surface area contributed by atoms with Crippen LogP contribution in [0.15, 0.2) is 90.2 Å². The van der Waals surface area contributed by atoms with Crippen molar-refractivity contribution in [3.05, 3.63) is 118 Å². The van der Waals surface area contributed by atoms with Crippen LogP contribution in [-0.2, 0) is 10.5 Å². The third kappa shape index (κ3) is 4.60. The van der Waals surface area contributed by atoms with E-state index in [4.69, 9.17) is 9.47 Å². The molecule has 6 unspecified atom stereocenters. The highest BCUT2D eigenvalue weighted by Gasteiger charge is 2.62. The second-order valence-electron chi connectivity index (χ2n) is 13.4. The summed E-state index contributed by atoms with van der Waals surface area (Å²) < 4.78 is 12.1. The van der Waals surface area contributed by atoms with E-state index in [2.05, 4.69) is 6.92 Å². The van der Waals surface area contributed by atoms with E-state index in [1.54, 1.807) is 54.6 Å². The summed E-state index contributed by atoms with van der Waals surface area (Å²) in [6.07, 6.45) is 8.54. The second-order valence-corrected chi connectivity index (χ2v) is 13.4. The van der Waals surface area contributed by atoms with Gasteiger partial charge in [-0.3, -0.25) is 9.59 Å². The maximum atomic E-state index is 13.5. The molecule has 3 aliphatic carbocycles. The van der Waals surface area contributed by atoms with Gasteiger partial charge in [0.15, 0.2) is 11.6 Å². The van der Waals surface area contributed by atoms with Crippen molar-refractivity contribution in [3.63, 3.8) is 0 Å². The summed E-state index contributed by atoms with van der Waals surface area (Å²) in [5.74, 6) is -1.52. The van der Waals surface area contributed by atoms with Gasteiger partial charge in [-0.05, 0) is 85.3 Å². The van der Waals surface area contributed by atoms with Crippen molar-refractivity contribution in [3.8, 4) is 11.5 Å². The summed E-state index contributed by atoms with van der Waals surface area (Å²) in [6, 6.07) is 18.7. The van der Waals surface area contributed by atoms with Crippen molar-refractivity contribution in [1.82, 2.24) is 0 Å². The fourth-order valence-corrected chi connectivity index (χ4v) is 8.57. The number of carbonyl (C=O) groups excluding carboxylic acids is 2. The maximum Gasteiger partial charge on any atom is 0.223 e. The smallest absolute Gasteiger partial charge is 0.223 e. The fourth-order valence-electron chi connectivity index (χ4n) is 8.57. The summed E-state index contributed by atoms with van der Waals surface area (Å²) in [4.78, 5) is 26.9. The predicted octanol–water partition coefficient (Wildman–Crippen LogP) is 6.83. The summed E-state index contributed by atoms with van der Waals surface area (Å²) in [5, 5.41) is 35.5. The predicted molar refractivity (Wildman–Crippen MR) is 174 cm³/mol. The van der Waals surface area contributed by atoms with E-state index in [1.807, 2.05) is 25.1 Å². The molecule has 2 saturated carbocycles.